The minimum atomic E-state index is -0.644. The zero-order valence-corrected chi connectivity index (χ0v) is 16.4. The summed E-state index contributed by atoms with van der Waals surface area (Å²) in [5.41, 5.74) is 0. The minimum Gasteiger partial charge on any atom is -0.691 e. The van der Waals surface area contributed by atoms with Crippen molar-refractivity contribution in [2.75, 3.05) is 5.75 Å². The van der Waals surface area contributed by atoms with Gasteiger partial charge in [-0.2, -0.15) is 4.33 Å². The lowest BCUT2D eigenvalue weighted by Crippen LogP contribution is -2.01. The predicted molar refractivity (Wildman–Crippen MR) is 97.0 cm³/mol. The first-order chi connectivity index (χ1) is 12.2. The molecule has 0 amide bonds. The van der Waals surface area contributed by atoms with E-state index in [-0.39, 0.29) is 9.79 Å². The van der Waals surface area contributed by atoms with E-state index in [0.29, 0.717) is 17.8 Å². The highest BCUT2D eigenvalue weighted by molar-refractivity contribution is 7.99. The Morgan fingerprint density at radius 2 is 1.40 bits per heavy atom. The smallest absolute Gasteiger partial charge is 0.140 e. The first kappa shape index (κ1) is 22.7. The molecule has 0 aromatic heterocycles. The van der Waals surface area contributed by atoms with Gasteiger partial charge >= 0.3 is 0 Å². The molecule has 0 N–H and O–H groups in total. The van der Waals surface area contributed by atoms with Gasteiger partial charge in [0.15, 0.2) is 0 Å². The summed E-state index contributed by atoms with van der Waals surface area (Å²) in [5.74, 6) is -0.597. The van der Waals surface area contributed by atoms with Crippen molar-refractivity contribution in [1.29, 1.82) is 0 Å². The molecular formula is C18H27F2O3S2-. The highest BCUT2D eigenvalue weighted by Gasteiger charge is 2.12. The highest BCUT2D eigenvalue weighted by atomic mass is 32.2. The Bertz CT molecular complexity index is 453. The second kappa shape index (κ2) is 14.8. The highest BCUT2D eigenvalue weighted by Crippen LogP contribution is 2.31. The standard InChI is InChI=1S/C18H28F2O3S2/c1-2-3-4-5-6-7-8-9-10-11-12-24-18-16(19)13-15(14-17(18)20)25-23-22-21/h13-14,21H,2-12H2,1H3/p-1. The van der Waals surface area contributed by atoms with Crippen molar-refractivity contribution in [3.05, 3.63) is 23.8 Å². The molecule has 0 aliphatic heterocycles. The number of unbranched alkanes of at least 4 members (excludes halogenated alkanes) is 9. The van der Waals surface area contributed by atoms with Gasteiger partial charge in [0.25, 0.3) is 0 Å². The van der Waals surface area contributed by atoms with Crippen LogP contribution in [0.25, 0.3) is 0 Å². The second-order valence-corrected chi connectivity index (χ2v) is 7.85. The molecule has 0 unspecified atom stereocenters. The summed E-state index contributed by atoms with van der Waals surface area (Å²) in [6.45, 7) is 2.22. The fourth-order valence-corrected chi connectivity index (χ4v) is 3.90. The molecule has 144 valence electrons. The van der Waals surface area contributed by atoms with E-state index in [1.165, 1.54) is 63.1 Å². The lowest BCUT2D eigenvalue weighted by Gasteiger charge is -2.08. The van der Waals surface area contributed by atoms with E-state index >= 15 is 0 Å². The van der Waals surface area contributed by atoms with Crippen LogP contribution < -0.4 is 5.26 Å². The van der Waals surface area contributed by atoms with Crippen molar-refractivity contribution in [2.24, 2.45) is 0 Å². The van der Waals surface area contributed by atoms with Gasteiger partial charge < -0.3 is 5.26 Å². The Hall–Kier alpha value is -0.340. The summed E-state index contributed by atoms with van der Waals surface area (Å²) in [7, 11) is 0. The van der Waals surface area contributed by atoms with Crippen LogP contribution in [0.15, 0.2) is 21.9 Å². The van der Waals surface area contributed by atoms with Crippen LogP contribution in [-0.2, 0) is 9.37 Å². The van der Waals surface area contributed by atoms with Gasteiger partial charge in [-0.15, -0.1) is 11.8 Å². The van der Waals surface area contributed by atoms with Gasteiger partial charge in [0.1, 0.15) is 11.6 Å². The molecule has 0 bridgehead atoms. The van der Waals surface area contributed by atoms with E-state index in [0.717, 1.165) is 25.0 Å². The molecule has 0 radical (unpaired) electrons. The van der Waals surface area contributed by atoms with Crippen LogP contribution in [0.2, 0.25) is 0 Å². The predicted octanol–water partition coefficient (Wildman–Crippen LogP) is 6.21. The van der Waals surface area contributed by atoms with E-state index < -0.39 is 11.6 Å². The maximum Gasteiger partial charge on any atom is 0.140 e. The Kier molecular flexibility index (Phi) is 13.4. The number of rotatable bonds is 15. The number of thioether (sulfide) groups is 1. The quantitative estimate of drug-likeness (QED) is 0.116. The van der Waals surface area contributed by atoms with Crippen LogP contribution >= 0.6 is 23.8 Å². The van der Waals surface area contributed by atoms with Gasteiger partial charge in [-0.3, -0.25) is 5.04 Å². The molecule has 0 spiro atoms. The third-order valence-corrected chi connectivity index (χ3v) is 5.60. The van der Waals surface area contributed by atoms with Crippen LogP contribution in [0.5, 0.6) is 0 Å². The Morgan fingerprint density at radius 1 is 0.880 bits per heavy atom. The zero-order valence-electron chi connectivity index (χ0n) is 14.7. The molecule has 0 aliphatic rings. The maximum absolute atomic E-state index is 13.9. The van der Waals surface area contributed by atoms with Gasteiger partial charge in [-0.25, -0.2) is 8.78 Å². The molecule has 1 aromatic rings. The van der Waals surface area contributed by atoms with Gasteiger partial charge in [-0.1, -0.05) is 64.7 Å². The molecule has 0 atom stereocenters. The summed E-state index contributed by atoms with van der Waals surface area (Å²) in [6, 6.07) is 2.27. The van der Waals surface area contributed by atoms with Gasteiger partial charge in [0, 0.05) is 4.90 Å². The first-order valence-electron chi connectivity index (χ1n) is 8.94. The van der Waals surface area contributed by atoms with Crippen molar-refractivity contribution in [3.63, 3.8) is 0 Å². The van der Waals surface area contributed by atoms with Crippen molar-refractivity contribution in [3.8, 4) is 0 Å². The van der Waals surface area contributed by atoms with E-state index in [9.17, 15) is 14.0 Å². The average Bonchev–Trinajstić information content (AvgIpc) is 2.59. The molecule has 3 nitrogen and oxygen atoms in total. The molecular weight excluding hydrogens is 366 g/mol. The second-order valence-electron chi connectivity index (χ2n) is 5.97. The SMILES string of the molecule is CCCCCCCCCCCCSc1c(F)cc(SOO[O-])cc1F. The first-order valence-corrected chi connectivity index (χ1v) is 10.7. The number of benzene rings is 1. The van der Waals surface area contributed by atoms with E-state index in [1.54, 1.807) is 0 Å². The third-order valence-electron chi connectivity index (χ3n) is 3.87. The summed E-state index contributed by atoms with van der Waals surface area (Å²) >= 11 is 1.67. The van der Waals surface area contributed by atoms with Crippen LogP contribution in [0.1, 0.15) is 71.1 Å². The third kappa shape index (κ3) is 10.4. The van der Waals surface area contributed by atoms with Crippen LogP contribution in [0, 0.1) is 11.6 Å². The van der Waals surface area contributed by atoms with Gasteiger partial charge in [-0.05, 0) is 24.3 Å². The summed E-state index contributed by atoms with van der Waals surface area (Å²) in [4.78, 5) is 0.164. The Labute approximate surface area is 157 Å². The molecule has 0 saturated carbocycles. The summed E-state index contributed by atoms with van der Waals surface area (Å²) in [5, 5.41) is 12.9. The number of halogens is 2. The number of hydrogen-bond donors (Lipinski definition) is 0. The topological polar surface area (TPSA) is 41.5 Å². The molecule has 1 aromatic carbocycles. The lowest BCUT2D eigenvalue weighted by atomic mass is 10.1. The maximum atomic E-state index is 13.9. The minimum absolute atomic E-state index is 0.0170. The molecule has 0 fully saturated rings. The average molecular weight is 394 g/mol. The van der Waals surface area contributed by atoms with Crippen molar-refractivity contribution in [1.82, 2.24) is 0 Å². The summed E-state index contributed by atoms with van der Waals surface area (Å²) < 4.78 is 31.8. The molecule has 7 heteroatoms. The zero-order chi connectivity index (χ0) is 18.3. The number of hydrogen-bond acceptors (Lipinski definition) is 5. The van der Waals surface area contributed by atoms with Crippen molar-refractivity contribution in [2.45, 2.75) is 80.9 Å². The molecule has 0 aliphatic carbocycles. The van der Waals surface area contributed by atoms with E-state index in [2.05, 4.69) is 16.3 Å². The van der Waals surface area contributed by atoms with E-state index in [4.69, 9.17) is 0 Å². The van der Waals surface area contributed by atoms with Crippen LogP contribution in [0.4, 0.5) is 8.78 Å². The monoisotopic (exact) mass is 393 g/mol. The fourth-order valence-electron chi connectivity index (χ4n) is 2.54. The summed E-state index contributed by atoms with van der Waals surface area (Å²) in [6.07, 6.45) is 12.4. The van der Waals surface area contributed by atoms with Gasteiger partial charge in [0.2, 0.25) is 0 Å². The lowest BCUT2D eigenvalue weighted by molar-refractivity contribution is -0.777. The van der Waals surface area contributed by atoms with Gasteiger partial charge in [0.05, 0.1) is 16.9 Å². The van der Waals surface area contributed by atoms with Crippen molar-refractivity contribution < 1.29 is 23.4 Å². The Balaban J connectivity index is 2.13. The van der Waals surface area contributed by atoms with E-state index in [1.807, 2.05) is 0 Å². The molecule has 0 saturated heterocycles. The molecule has 1 rings (SSSR count). The largest absolute Gasteiger partial charge is 0.691 e. The van der Waals surface area contributed by atoms with Crippen molar-refractivity contribution >= 4 is 23.8 Å². The fraction of sp³-hybridized carbons (Fsp3) is 0.667. The molecule has 0 heterocycles. The normalized spacial score (nSPS) is 11.2. The van der Waals surface area contributed by atoms with Crippen LogP contribution in [-0.4, -0.2) is 5.75 Å². The Morgan fingerprint density at radius 3 is 1.92 bits per heavy atom. The molecule has 25 heavy (non-hydrogen) atoms. The van der Waals surface area contributed by atoms with Crippen LogP contribution in [0.3, 0.4) is 0 Å².